The molecule has 0 aliphatic heterocycles. The molecule has 1 aromatic heterocycles. The molecule has 0 spiro atoms. The first-order valence-corrected chi connectivity index (χ1v) is 7.16. The second-order valence-electron chi connectivity index (χ2n) is 5.26. The van der Waals surface area contributed by atoms with Gasteiger partial charge in [0.05, 0.1) is 17.1 Å². The molecular weight excluding hydrogens is 276 g/mol. The number of Topliss-reactive ketones (excluding diaryl/α,β-unsaturated/α-hetero) is 2. The van der Waals surface area contributed by atoms with E-state index >= 15 is 0 Å². The Morgan fingerprint density at radius 3 is 2.32 bits per heavy atom. The third-order valence-electron chi connectivity index (χ3n) is 3.74. The molecular formula is C18H16N2O2. The number of hydrogen-bond acceptors (Lipinski definition) is 3. The van der Waals surface area contributed by atoms with Crippen LogP contribution in [0.5, 0.6) is 0 Å². The average Bonchev–Trinajstić information content (AvgIpc) is 2.94. The van der Waals surface area contributed by atoms with Crippen LogP contribution in [0.2, 0.25) is 0 Å². The summed E-state index contributed by atoms with van der Waals surface area (Å²) in [4.78, 5) is 29.0. The van der Waals surface area contributed by atoms with E-state index in [1.165, 1.54) is 6.92 Å². The maximum atomic E-state index is 12.7. The molecule has 0 aliphatic carbocycles. The summed E-state index contributed by atoms with van der Waals surface area (Å²) >= 11 is 0. The number of nitrogens with zero attached hydrogens (tertiary/aromatic N) is 2. The quantitative estimate of drug-likeness (QED) is 0.689. The molecule has 0 aliphatic rings. The summed E-state index contributed by atoms with van der Waals surface area (Å²) in [5.41, 5.74) is 2.15. The predicted octanol–water partition coefficient (Wildman–Crippen LogP) is 3.68. The van der Waals surface area contributed by atoms with Crippen LogP contribution in [-0.4, -0.2) is 21.1 Å². The normalized spacial score (nSPS) is 12.3. The first kappa shape index (κ1) is 14.2. The lowest BCUT2D eigenvalue weighted by atomic mass is 10.0. The van der Waals surface area contributed by atoms with E-state index in [1.807, 2.05) is 42.5 Å². The minimum atomic E-state index is -0.492. The van der Waals surface area contributed by atoms with E-state index in [4.69, 9.17) is 0 Å². The van der Waals surface area contributed by atoms with Gasteiger partial charge in [-0.3, -0.25) is 9.59 Å². The average molecular weight is 292 g/mol. The molecule has 22 heavy (non-hydrogen) atoms. The fraction of sp³-hybridized carbons (Fsp3) is 0.167. The summed E-state index contributed by atoms with van der Waals surface area (Å²) in [5.74, 6) is 0.133. The van der Waals surface area contributed by atoms with Crippen molar-refractivity contribution in [3.63, 3.8) is 0 Å². The lowest BCUT2D eigenvalue weighted by molar-refractivity contribution is 0.0929. The molecule has 110 valence electrons. The molecule has 0 amide bonds. The molecule has 0 N–H and O–H groups in total. The summed E-state index contributed by atoms with van der Waals surface area (Å²) in [5, 5.41) is 0. The molecule has 0 fully saturated rings. The number of imidazole rings is 1. The Balaban J connectivity index is 2.14. The monoisotopic (exact) mass is 292 g/mol. The molecule has 1 heterocycles. The first-order chi connectivity index (χ1) is 10.6. The highest BCUT2D eigenvalue weighted by atomic mass is 16.1. The second-order valence-corrected chi connectivity index (χ2v) is 5.26. The van der Waals surface area contributed by atoms with Crippen molar-refractivity contribution in [3.8, 4) is 0 Å². The Labute approximate surface area is 128 Å². The number of hydrogen-bond donors (Lipinski definition) is 0. The van der Waals surface area contributed by atoms with Crippen molar-refractivity contribution in [2.24, 2.45) is 0 Å². The van der Waals surface area contributed by atoms with Gasteiger partial charge in [0.25, 0.3) is 0 Å². The highest BCUT2D eigenvalue weighted by Crippen LogP contribution is 2.24. The third-order valence-corrected chi connectivity index (χ3v) is 3.74. The summed E-state index contributed by atoms with van der Waals surface area (Å²) < 4.78 is 1.73. The molecule has 0 saturated heterocycles. The number of benzene rings is 2. The van der Waals surface area contributed by atoms with Gasteiger partial charge in [-0.1, -0.05) is 42.5 Å². The second kappa shape index (κ2) is 5.56. The molecule has 2 aromatic carbocycles. The zero-order chi connectivity index (χ0) is 15.7. The molecule has 0 bridgehead atoms. The number of para-hydroxylation sites is 2. The Bertz CT molecular complexity index is 850. The lowest BCUT2D eigenvalue weighted by Gasteiger charge is -2.15. The van der Waals surface area contributed by atoms with Gasteiger partial charge in [0, 0.05) is 12.5 Å². The van der Waals surface area contributed by atoms with Crippen molar-refractivity contribution in [1.29, 1.82) is 0 Å². The molecule has 0 unspecified atom stereocenters. The number of carbonyl (C=O) groups excluding carboxylic acids is 2. The number of ketones is 2. The van der Waals surface area contributed by atoms with Crippen LogP contribution in [0.25, 0.3) is 11.0 Å². The fourth-order valence-corrected chi connectivity index (χ4v) is 2.65. The maximum absolute atomic E-state index is 12.7. The number of fused-ring (bicyclic) bond motifs is 1. The minimum absolute atomic E-state index is 0.0359. The van der Waals surface area contributed by atoms with Crippen LogP contribution in [0, 0.1) is 0 Å². The van der Waals surface area contributed by atoms with Crippen molar-refractivity contribution in [2.75, 3.05) is 0 Å². The SMILES string of the molecule is CC(=O)c1nc2ccccc2n1[C@@H](C)C(=O)c1ccccc1. The maximum Gasteiger partial charge on any atom is 0.195 e. The van der Waals surface area contributed by atoms with Crippen LogP contribution < -0.4 is 0 Å². The molecule has 4 heteroatoms. The zero-order valence-electron chi connectivity index (χ0n) is 12.5. The largest absolute Gasteiger partial charge is 0.311 e. The van der Waals surface area contributed by atoms with E-state index in [2.05, 4.69) is 4.98 Å². The van der Waals surface area contributed by atoms with Gasteiger partial charge in [0.15, 0.2) is 17.4 Å². The summed E-state index contributed by atoms with van der Waals surface area (Å²) in [6, 6.07) is 16.1. The van der Waals surface area contributed by atoms with Crippen LogP contribution >= 0.6 is 0 Å². The Morgan fingerprint density at radius 1 is 1.00 bits per heavy atom. The van der Waals surface area contributed by atoms with Gasteiger partial charge < -0.3 is 4.57 Å². The standard InChI is InChI=1S/C18H16N2O2/c1-12(17(22)14-8-4-3-5-9-14)20-16-11-7-6-10-15(16)19-18(20)13(2)21/h3-12H,1-2H3/t12-/m0/s1. The van der Waals surface area contributed by atoms with Crippen molar-refractivity contribution in [2.45, 2.75) is 19.9 Å². The van der Waals surface area contributed by atoms with Gasteiger partial charge in [0.2, 0.25) is 0 Å². The Kier molecular flexibility index (Phi) is 3.59. The fourth-order valence-electron chi connectivity index (χ4n) is 2.65. The number of aromatic nitrogens is 2. The van der Waals surface area contributed by atoms with E-state index in [0.29, 0.717) is 11.4 Å². The Hall–Kier alpha value is -2.75. The summed E-state index contributed by atoms with van der Waals surface area (Å²) in [6.07, 6.45) is 0. The summed E-state index contributed by atoms with van der Waals surface area (Å²) in [6.45, 7) is 3.27. The molecule has 3 rings (SSSR count). The van der Waals surface area contributed by atoms with Crippen LogP contribution in [0.4, 0.5) is 0 Å². The summed E-state index contributed by atoms with van der Waals surface area (Å²) in [7, 11) is 0. The highest BCUT2D eigenvalue weighted by Gasteiger charge is 2.24. The van der Waals surface area contributed by atoms with Crippen molar-refractivity contribution < 1.29 is 9.59 Å². The third kappa shape index (κ3) is 2.33. The number of carbonyl (C=O) groups is 2. The highest BCUT2D eigenvalue weighted by molar-refractivity contribution is 6.01. The topological polar surface area (TPSA) is 52.0 Å². The molecule has 3 aromatic rings. The van der Waals surface area contributed by atoms with Gasteiger partial charge in [-0.05, 0) is 19.1 Å². The van der Waals surface area contributed by atoms with Crippen LogP contribution in [-0.2, 0) is 0 Å². The van der Waals surface area contributed by atoms with E-state index in [-0.39, 0.29) is 11.6 Å². The Morgan fingerprint density at radius 2 is 1.64 bits per heavy atom. The van der Waals surface area contributed by atoms with E-state index in [9.17, 15) is 9.59 Å². The molecule has 0 radical (unpaired) electrons. The lowest BCUT2D eigenvalue weighted by Crippen LogP contribution is -2.20. The number of rotatable bonds is 4. The van der Waals surface area contributed by atoms with Gasteiger partial charge in [-0.15, -0.1) is 0 Å². The smallest absolute Gasteiger partial charge is 0.195 e. The van der Waals surface area contributed by atoms with Crippen LogP contribution in [0.1, 0.15) is 40.9 Å². The van der Waals surface area contributed by atoms with E-state index < -0.39 is 6.04 Å². The van der Waals surface area contributed by atoms with E-state index in [0.717, 1.165) is 11.0 Å². The predicted molar refractivity (Wildman–Crippen MR) is 85.2 cm³/mol. The first-order valence-electron chi connectivity index (χ1n) is 7.16. The van der Waals surface area contributed by atoms with Gasteiger partial charge >= 0.3 is 0 Å². The van der Waals surface area contributed by atoms with Crippen molar-refractivity contribution >= 4 is 22.6 Å². The van der Waals surface area contributed by atoms with Gasteiger partial charge in [-0.25, -0.2) is 4.98 Å². The molecule has 1 atom stereocenters. The van der Waals surface area contributed by atoms with Crippen LogP contribution in [0.3, 0.4) is 0 Å². The zero-order valence-corrected chi connectivity index (χ0v) is 12.5. The van der Waals surface area contributed by atoms with Crippen molar-refractivity contribution in [3.05, 3.63) is 66.0 Å². The van der Waals surface area contributed by atoms with Crippen molar-refractivity contribution in [1.82, 2.24) is 9.55 Å². The van der Waals surface area contributed by atoms with Crippen LogP contribution in [0.15, 0.2) is 54.6 Å². The molecule has 0 saturated carbocycles. The van der Waals surface area contributed by atoms with E-state index in [1.54, 1.807) is 23.6 Å². The minimum Gasteiger partial charge on any atom is -0.311 e. The molecule has 4 nitrogen and oxygen atoms in total. The van der Waals surface area contributed by atoms with Gasteiger partial charge in [-0.2, -0.15) is 0 Å². The van der Waals surface area contributed by atoms with Gasteiger partial charge in [0.1, 0.15) is 0 Å².